The fraction of sp³-hybridized carbons (Fsp3) is 0.0952. The molecule has 150 valence electrons. The molecule has 0 saturated heterocycles. The minimum absolute atomic E-state index is 0.116. The number of fused-ring (bicyclic) bond motifs is 1. The van der Waals surface area contributed by atoms with E-state index in [2.05, 4.69) is 15.3 Å². The van der Waals surface area contributed by atoms with Crippen LogP contribution in [0.1, 0.15) is 17.3 Å². The molecule has 0 spiro atoms. The number of aromatic nitrogens is 2. The van der Waals surface area contributed by atoms with Gasteiger partial charge in [0.25, 0.3) is 5.91 Å². The highest BCUT2D eigenvalue weighted by atomic mass is 16.6. The molecule has 0 aliphatic heterocycles. The van der Waals surface area contributed by atoms with Crippen LogP contribution in [0.4, 0.5) is 11.4 Å². The summed E-state index contributed by atoms with van der Waals surface area (Å²) in [4.78, 5) is 31.8. The van der Waals surface area contributed by atoms with E-state index < -0.39 is 10.8 Å². The van der Waals surface area contributed by atoms with E-state index in [4.69, 9.17) is 9.15 Å². The molecule has 0 bridgehead atoms. The van der Waals surface area contributed by atoms with Gasteiger partial charge in [-0.15, -0.1) is 0 Å². The highest BCUT2D eigenvalue weighted by molar-refractivity contribution is 6.05. The molecular weight excluding hydrogens is 388 g/mol. The van der Waals surface area contributed by atoms with Crippen LogP contribution in [0, 0.1) is 10.1 Å². The van der Waals surface area contributed by atoms with Crippen LogP contribution in [0.5, 0.6) is 5.75 Å². The summed E-state index contributed by atoms with van der Waals surface area (Å²) >= 11 is 0. The van der Waals surface area contributed by atoms with Gasteiger partial charge in [0.05, 0.1) is 11.5 Å². The van der Waals surface area contributed by atoms with Crippen LogP contribution in [-0.2, 0) is 0 Å². The van der Waals surface area contributed by atoms with E-state index in [0.717, 1.165) is 0 Å². The van der Waals surface area contributed by atoms with Gasteiger partial charge in [0.2, 0.25) is 5.89 Å². The van der Waals surface area contributed by atoms with Crippen molar-refractivity contribution in [2.24, 2.45) is 0 Å². The standard InChI is InChI=1S/C21H16N4O5/c1-2-29-17-9-8-13(12-16(17)25(27)28)20(26)23-15-6-3-5-14(11-15)21-24-19-18(30-21)7-4-10-22-19/h3-12H,2H2,1H3,(H,23,26). The van der Waals surface area contributed by atoms with Gasteiger partial charge in [-0.2, -0.15) is 4.98 Å². The summed E-state index contributed by atoms with van der Waals surface area (Å²) in [6.45, 7) is 2.01. The minimum atomic E-state index is -0.580. The summed E-state index contributed by atoms with van der Waals surface area (Å²) < 4.78 is 10.9. The number of nitro groups is 1. The Morgan fingerprint density at radius 1 is 1.20 bits per heavy atom. The Labute approximate surface area is 170 Å². The molecule has 2 aromatic heterocycles. The Morgan fingerprint density at radius 2 is 2.07 bits per heavy atom. The lowest BCUT2D eigenvalue weighted by molar-refractivity contribution is -0.385. The number of oxazole rings is 1. The summed E-state index contributed by atoms with van der Waals surface area (Å²) in [5, 5.41) is 14.0. The van der Waals surface area contributed by atoms with Gasteiger partial charge in [0, 0.05) is 29.1 Å². The zero-order valence-electron chi connectivity index (χ0n) is 15.9. The summed E-state index contributed by atoms with van der Waals surface area (Å²) in [6, 6.07) is 14.5. The summed E-state index contributed by atoms with van der Waals surface area (Å²) in [5.41, 5.74) is 2.07. The monoisotopic (exact) mass is 404 g/mol. The van der Waals surface area contributed by atoms with E-state index in [-0.39, 0.29) is 23.6 Å². The van der Waals surface area contributed by atoms with Gasteiger partial charge in [-0.25, -0.2) is 4.98 Å². The lowest BCUT2D eigenvalue weighted by Gasteiger charge is -2.08. The number of carbonyl (C=O) groups is 1. The summed E-state index contributed by atoms with van der Waals surface area (Å²) in [6.07, 6.45) is 1.63. The third kappa shape index (κ3) is 3.81. The minimum Gasteiger partial charge on any atom is -0.487 e. The van der Waals surface area contributed by atoms with Crippen LogP contribution >= 0.6 is 0 Å². The number of hydrogen-bond acceptors (Lipinski definition) is 7. The predicted molar refractivity (Wildman–Crippen MR) is 109 cm³/mol. The normalized spacial score (nSPS) is 10.7. The molecule has 1 N–H and O–H groups in total. The molecule has 0 aliphatic carbocycles. The molecule has 1 amide bonds. The molecule has 0 aliphatic rings. The number of benzene rings is 2. The Bertz CT molecular complexity index is 1220. The smallest absolute Gasteiger partial charge is 0.311 e. The number of hydrogen-bond donors (Lipinski definition) is 1. The fourth-order valence-corrected chi connectivity index (χ4v) is 2.90. The molecule has 0 fully saturated rings. The Morgan fingerprint density at radius 3 is 2.83 bits per heavy atom. The number of amides is 1. The zero-order valence-corrected chi connectivity index (χ0v) is 15.9. The molecule has 0 saturated carbocycles. The van der Waals surface area contributed by atoms with Crippen LogP contribution in [0.25, 0.3) is 22.7 Å². The van der Waals surface area contributed by atoms with Crippen molar-refractivity contribution in [3.05, 3.63) is 76.5 Å². The van der Waals surface area contributed by atoms with Crippen molar-refractivity contribution in [1.82, 2.24) is 9.97 Å². The van der Waals surface area contributed by atoms with Crippen LogP contribution in [0.15, 0.2) is 65.2 Å². The number of ether oxygens (including phenoxy) is 1. The van der Waals surface area contributed by atoms with Crippen LogP contribution in [0.3, 0.4) is 0 Å². The van der Waals surface area contributed by atoms with Crippen molar-refractivity contribution in [2.75, 3.05) is 11.9 Å². The van der Waals surface area contributed by atoms with Gasteiger partial charge in [-0.3, -0.25) is 14.9 Å². The van der Waals surface area contributed by atoms with Gasteiger partial charge >= 0.3 is 5.69 Å². The molecule has 0 unspecified atom stereocenters. The number of anilines is 1. The molecule has 9 heteroatoms. The third-order valence-corrected chi connectivity index (χ3v) is 4.25. The van der Waals surface area contributed by atoms with E-state index in [1.165, 1.54) is 18.2 Å². The van der Waals surface area contributed by atoms with Crippen molar-refractivity contribution in [2.45, 2.75) is 6.92 Å². The number of carbonyl (C=O) groups excluding carboxylic acids is 1. The Balaban J connectivity index is 1.59. The summed E-state index contributed by atoms with van der Waals surface area (Å²) in [7, 11) is 0. The van der Waals surface area contributed by atoms with E-state index in [1.807, 2.05) is 0 Å². The van der Waals surface area contributed by atoms with Gasteiger partial charge in [-0.1, -0.05) is 6.07 Å². The predicted octanol–water partition coefficient (Wildman–Crippen LogP) is 4.45. The second-order valence-corrected chi connectivity index (χ2v) is 6.25. The van der Waals surface area contributed by atoms with Crippen molar-refractivity contribution in [3.63, 3.8) is 0 Å². The first-order valence-electron chi connectivity index (χ1n) is 9.09. The molecular formula is C21H16N4O5. The van der Waals surface area contributed by atoms with E-state index in [9.17, 15) is 14.9 Å². The lowest BCUT2D eigenvalue weighted by Crippen LogP contribution is -2.12. The SMILES string of the molecule is CCOc1ccc(C(=O)Nc2cccc(-c3nc4ncccc4o3)c2)cc1[N+](=O)[O-]. The number of pyridine rings is 1. The van der Waals surface area contributed by atoms with Gasteiger partial charge in [-0.05, 0) is 49.4 Å². The average Bonchev–Trinajstić information content (AvgIpc) is 3.18. The fourth-order valence-electron chi connectivity index (χ4n) is 2.90. The molecule has 4 aromatic rings. The van der Waals surface area contributed by atoms with Crippen molar-refractivity contribution < 1.29 is 18.9 Å². The number of nitrogens with zero attached hydrogens (tertiary/aromatic N) is 3. The number of nitrogens with one attached hydrogen (secondary N) is 1. The van der Waals surface area contributed by atoms with Crippen molar-refractivity contribution >= 4 is 28.5 Å². The molecule has 0 radical (unpaired) electrons. The quantitative estimate of drug-likeness (QED) is 0.372. The molecule has 4 rings (SSSR count). The highest BCUT2D eigenvalue weighted by Gasteiger charge is 2.19. The average molecular weight is 404 g/mol. The second kappa shape index (κ2) is 8.00. The molecule has 0 atom stereocenters. The van der Waals surface area contributed by atoms with Crippen LogP contribution < -0.4 is 10.1 Å². The molecule has 9 nitrogen and oxygen atoms in total. The second-order valence-electron chi connectivity index (χ2n) is 6.25. The maximum Gasteiger partial charge on any atom is 0.311 e. The van der Waals surface area contributed by atoms with Crippen molar-refractivity contribution in [1.29, 1.82) is 0 Å². The van der Waals surface area contributed by atoms with Gasteiger partial charge in [0.15, 0.2) is 17.0 Å². The molecule has 2 heterocycles. The third-order valence-electron chi connectivity index (χ3n) is 4.25. The van der Waals surface area contributed by atoms with Gasteiger partial charge in [0.1, 0.15) is 0 Å². The van der Waals surface area contributed by atoms with Gasteiger partial charge < -0.3 is 14.5 Å². The van der Waals surface area contributed by atoms with Crippen LogP contribution in [0.2, 0.25) is 0 Å². The largest absolute Gasteiger partial charge is 0.487 e. The maximum atomic E-state index is 12.6. The lowest BCUT2D eigenvalue weighted by atomic mass is 10.1. The number of nitro benzene ring substituents is 1. The van der Waals surface area contributed by atoms with Crippen LogP contribution in [-0.4, -0.2) is 27.4 Å². The van der Waals surface area contributed by atoms with E-state index in [0.29, 0.717) is 28.4 Å². The highest BCUT2D eigenvalue weighted by Crippen LogP contribution is 2.29. The van der Waals surface area contributed by atoms with E-state index in [1.54, 1.807) is 49.5 Å². The van der Waals surface area contributed by atoms with Crippen molar-refractivity contribution in [3.8, 4) is 17.2 Å². The molecule has 30 heavy (non-hydrogen) atoms. The Kier molecular flexibility index (Phi) is 5.08. The maximum absolute atomic E-state index is 12.6. The first-order chi connectivity index (χ1) is 14.5. The van der Waals surface area contributed by atoms with E-state index >= 15 is 0 Å². The molecule has 2 aromatic carbocycles. The zero-order chi connectivity index (χ0) is 21.1. The first kappa shape index (κ1) is 19.1. The number of rotatable bonds is 6. The first-order valence-corrected chi connectivity index (χ1v) is 9.09. The summed E-state index contributed by atoms with van der Waals surface area (Å²) in [5.74, 6) is -0.000323. The topological polar surface area (TPSA) is 120 Å². The Hall–Kier alpha value is -4.27.